The van der Waals surface area contributed by atoms with Crippen LogP contribution in [0.2, 0.25) is 0 Å². The second-order valence-electron chi connectivity index (χ2n) is 3.64. The summed E-state index contributed by atoms with van der Waals surface area (Å²) >= 11 is 0. The van der Waals surface area contributed by atoms with Crippen LogP contribution >= 0.6 is 0 Å². The van der Waals surface area contributed by atoms with Crippen molar-refractivity contribution in [3.8, 4) is 0 Å². The van der Waals surface area contributed by atoms with Crippen molar-refractivity contribution in [1.29, 1.82) is 0 Å². The van der Waals surface area contributed by atoms with Gasteiger partial charge >= 0.3 is 0 Å². The molecule has 0 heterocycles. The molecule has 1 unspecified atom stereocenters. The van der Waals surface area contributed by atoms with E-state index in [0.717, 1.165) is 24.3 Å². The fraction of sp³-hybridized carbons (Fsp3) is 0.0769. The molecule has 1 atom stereocenters. The molecule has 94 valence electrons. The van der Waals surface area contributed by atoms with Gasteiger partial charge in [0.25, 0.3) is 0 Å². The molecule has 0 aliphatic carbocycles. The minimum absolute atomic E-state index is 0.222. The Hall–Kier alpha value is -1.62. The van der Waals surface area contributed by atoms with Crippen molar-refractivity contribution in [3.63, 3.8) is 0 Å². The molecular formula is C13H9F3OS. The largest absolute Gasteiger partial charge is 0.254 e. The van der Waals surface area contributed by atoms with Crippen LogP contribution in [-0.2, 0) is 16.6 Å². The van der Waals surface area contributed by atoms with E-state index >= 15 is 0 Å². The SMILES string of the molecule is O=S(Cc1c(F)cccc1F)c1ccc(F)cc1. The van der Waals surface area contributed by atoms with E-state index in [0.29, 0.717) is 4.90 Å². The summed E-state index contributed by atoms with van der Waals surface area (Å²) in [5.74, 6) is -2.19. The average Bonchev–Trinajstić information content (AvgIpc) is 2.34. The number of benzene rings is 2. The van der Waals surface area contributed by atoms with Gasteiger partial charge in [-0.1, -0.05) is 6.07 Å². The van der Waals surface area contributed by atoms with Crippen molar-refractivity contribution >= 4 is 10.8 Å². The van der Waals surface area contributed by atoms with Crippen LogP contribution in [0.3, 0.4) is 0 Å². The maximum atomic E-state index is 13.4. The van der Waals surface area contributed by atoms with Gasteiger partial charge in [-0.15, -0.1) is 0 Å². The summed E-state index contributed by atoms with van der Waals surface area (Å²) in [6.45, 7) is 0. The van der Waals surface area contributed by atoms with E-state index in [-0.39, 0.29) is 11.3 Å². The zero-order chi connectivity index (χ0) is 13.1. The van der Waals surface area contributed by atoms with Crippen molar-refractivity contribution in [2.24, 2.45) is 0 Å². The van der Waals surface area contributed by atoms with E-state index in [9.17, 15) is 17.4 Å². The topological polar surface area (TPSA) is 17.1 Å². The maximum absolute atomic E-state index is 13.4. The molecule has 0 N–H and O–H groups in total. The summed E-state index contributed by atoms with van der Waals surface area (Å²) < 4.78 is 51.3. The molecule has 0 saturated carbocycles. The Kier molecular flexibility index (Phi) is 3.81. The van der Waals surface area contributed by atoms with E-state index in [1.807, 2.05) is 0 Å². The first-order valence-corrected chi connectivity index (χ1v) is 6.46. The molecule has 2 aromatic rings. The fourth-order valence-electron chi connectivity index (χ4n) is 1.47. The second kappa shape index (κ2) is 5.35. The van der Waals surface area contributed by atoms with Crippen molar-refractivity contribution in [3.05, 3.63) is 65.5 Å². The lowest BCUT2D eigenvalue weighted by molar-refractivity contribution is 0.564. The smallest absolute Gasteiger partial charge is 0.130 e. The first kappa shape index (κ1) is 12.8. The third-order valence-corrected chi connectivity index (χ3v) is 3.76. The van der Waals surface area contributed by atoms with Gasteiger partial charge in [0.05, 0.1) is 16.6 Å². The van der Waals surface area contributed by atoms with E-state index in [2.05, 4.69) is 0 Å². The van der Waals surface area contributed by atoms with Crippen molar-refractivity contribution in [2.75, 3.05) is 0 Å². The Balaban J connectivity index is 2.24. The maximum Gasteiger partial charge on any atom is 0.130 e. The van der Waals surface area contributed by atoms with Gasteiger partial charge in [-0.05, 0) is 36.4 Å². The highest BCUT2D eigenvalue weighted by molar-refractivity contribution is 7.84. The molecule has 0 fully saturated rings. The molecule has 0 saturated heterocycles. The first-order valence-electron chi connectivity index (χ1n) is 5.15. The Morgan fingerprint density at radius 1 is 0.889 bits per heavy atom. The van der Waals surface area contributed by atoms with Gasteiger partial charge < -0.3 is 0 Å². The molecule has 0 bridgehead atoms. The van der Waals surface area contributed by atoms with Gasteiger partial charge in [0.15, 0.2) is 0 Å². The summed E-state index contributed by atoms with van der Waals surface area (Å²) in [6.07, 6.45) is 0. The Bertz CT molecular complexity index is 561. The van der Waals surface area contributed by atoms with Gasteiger partial charge in [-0.25, -0.2) is 13.2 Å². The van der Waals surface area contributed by atoms with Crippen LogP contribution in [0.5, 0.6) is 0 Å². The fourth-order valence-corrected chi connectivity index (χ4v) is 2.62. The summed E-state index contributed by atoms with van der Waals surface area (Å²) in [5.41, 5.74) is -0.222. The highest BCUT2D eigenvalue weighted by Gasteiger charge is 2.13. The summed E-state index contributed by atoms with van der Waals surface area (Å²) in [5, 5.41) is 0. The lowest BCUT2D eigenvalue weighted by Crippen LogP contribution is -2.02. The molecule has 0 aliphatic heterocycles. The van der Waals surface area contributed by atoms with Crippen LogP contribution in [0.25, 0.3) is 0 Å². The van der Waals surface area contributed by atoms with Crippen LogP contribution in [0, 0.1) is 17.5 Å². The Labute approximate surface area is 105 Å². The van der Waals surface area contributed by atoms with Crippen LogP contribution in [0.1, 0.15) is 5.56 Å². The molecule has 0 amide bonds. The zero-order valence-electron chi connectivity index (χ0n) is 9.20. The Morgan fingerprint density at radius 3 is 2.00 bits per heavy atom. The monoisotopic (exact) mass is 270 g/mol. The molecule has 2 rings (SSSR count). The zero-order valence-corrected chi connectivity index (χ0v) is 10.0. The normalized spacial score (nSPS) is 12.4. The van der Waals surface area contributed by atoms with Gasteiger partial charge in [-0.3, -0.25) is 4.21 Å². The summed E-state index contributed by atoms with van der Waals surface area (Å²) in [7, 11) is -1.61. The Morgan fingerprint density at radius 2 is 1.44 bits per heavy atom. The standard InChI is InChI=1S/C13H9F3OS/c14-9-4-6-10(7-5-9)18(17)8-11-12(15)2-1-3-13(11)16/h1-7H,8H2. The quantitative estimate of drug-likeness (QED) is 0.835. The van der Waals surface area contributed by atoms with Gasteiger partial charge in [0.1, 0.15) is 17.5 Å². The number of rotatable bonds is 3. The third-order valence-electron chi connectivity index (χ3n) is 2.41. The van der Waals surface area contributed by atoms with Gasteiger partial charge in [-0.2, -0.15) is 0 Å². The second-order valence-corrected chi connectivity index (χ2v) is 5.10. The molecule has 0 aromatic heterocycles. The minimum atomic E-state index is -1.61. The molecule has 1 nitrogen and oxygen atoms in total. The molecule has 0 aliphatic rings. The predicted octanol–water partition coefficient (Wildman–Crippen LogP) is 3.41. The minimum Gasteiger partial charge on any atom is -0.254 e. The molecule has 18 heavy (non-hydrogen) atoms. The predicted molar refractivity (Wildman–Crippen MR) is 62.9 cm³/mol. The molecule has 0 spiro atoms. The van der Waals surface area contributed by atoms with E-state index < -0.39 is 28.3 Å². The summed E-state index contributed by atoms with van der Waals surface area (Å²) in [4.78, 5) is 0.332. The van der Waals surface area contributed by atoms with Crippen LogP contribution in [-0.4, -0.2) is 4.21 Å². The van der Waals surface area contributed by atoms with Crippen molar-refractivity contribution in [1.82, 2.24) is 0 Å². The van der Waals surface area contributed by atoms with E-state index in [4.69, 9.17) is 0 Å². The van der Waals surface area contributed by atoms with Crippen LogP contribution < -0.4 is 0 Å². The number of halogens is 3. The van der Waals surface area contributed by atoms with Crippen LogP contribution in [0.15, 0.2) is 47.4 Å². The average molecular weight is 270 g/mol. The van der Waals surface area contributed by atoms with Crippen molar-refractivity contribution in [2.45, 2.75) is 10.6 Å². The van der Waals surface area contributed by atoms with Gasteiger partial charge in [0.2, 0.25) is 0 Å². The molecular weight excluding hydrogens is 261 g/mol. The molecule has 2 aromatic carbocycles. The highest BCUT2D eigenvalue weighted by Crippen LogP contribution is 2.18. The number of hydrogen-bond donors (Lipinski definition) is 0. The van der Waals surface area contributed by atoms with Crippen molar-refractivity contribution < 1.29 is 17.4 Å². The highest BCUT2D eigenvalue weighted by atomic mass is 32.2. The third kappa shape index (κ3) is 2.79. The number of hydrogen-bond acceptors (Lipinski definition) is 1. The molecule has 5 heteroatoms. The van der Waals surface area contributed by atoms with E-state index in [1.165, 1.54) is 18.2 Å². The lowest BCUT2D eigenvalue weighted by atomic mass is 10.2. The van der Waals surface area contributed by atoms with Gasteiger partial charge in [0, 0.05) is 10.5 Å². The summed E-state index contributed by atoms with van der Waals surface area (Å²) in [6, 6.07) is 8.46. The van der Waals surface area contributed by atoms with E-state index in [1.54, 1.807) is 0 Å². The molecule has 0 radical (unpaired) electrons. The lowest BCUT2D eigenvalue weighted by Gasteiger charge is -2.05. The first-order chi connectivity index (χ1) is 8.58. The van der Waals surface area contributed by atoms with Crippen LogP contribution in [0.4, 0.5) is 13.2 Å².